The number of anilines is 1. The van der Waals surface area contributed by atoms with Gasteiger partial charge in [0.25, 0.3) is 5.91 Å². The van der Waals surface area contributed by atoms with E-state index in [1.165, 1.54) is 0 Å². The smallest absolute Gasteiger partial charge is 0.273 e. The van der Waals surface area contributed by atoms with Gasteiger partial charge in [0.05, 0.1) is 5.69 Å². The number of nitrogens with one attached hydrogen (secondary N) is 3. The van der Waals surface area contributed by atoms with Gasteiger partial charge in [-0.05, 0) is 42.5 Å². The molecule has 2 heterocycles. The van der Waals surface area contributed by atoms with Crippen molar-refractivity contribution in [1.29, 1.82) is 0 Å². The summed E-state index contributed by atoms with van der Waals surface area (Å²) in [6.07, 6.45) is 1.80. The molecule has 0 fully saturated rings. The van der Waals surface area contributed by atoms with E-state index >= 15 is 0 Å². The van der Waals surface area contributed by atoms with Crippen LogP contribution >= 0.6 is 11.6 Å². The lowest BCUT2D eigenvalue weighted by Crippen LogP contribution is -2.12. The number of benzene rings is 1. The second kappa shape index (κ2) is 5.22. The highest BCUT2D eigenvalue weighted by atomic mass is 35.5. The van der Waals surface area contributed by atoms with Crippen LogP contribution in [0.4, 0.5) is 5.69 Å². The SMILES string of the molecule is O=C(Nc1ccc(Cl)cc1)c1cc(-c2ccc[nH]2)n[nH]1. The van der Waals surface area contributed by atoms with Crippen molar-refractivity contribution in [2.24, 2.45) is 0 Å². The van der Waals surface area contributed by atoms with Crippen LogP contribution in [0.3, 0.4) is 0 Å². The van der Waals surface area contributed by atoms with Gasteiger partial charge in [-0.25, -0.2) is 0 Å². The number of halogens is 1. The van der Waals surface area contributed by atoms with Crippen LogP contribution in [0, 0.1) is 0 Å². The molecule has 3 rings (SSSR count). The first-order valence-electron chi connectivity index (χ1n) is 5.98. The van der Waals surface area contributed by atoms with Gasteiger partial charge in [-0.15, -0.1) is 0 Å². The van der Waals surface area contributed by atoms with Crippen LogP contribution in [-0.4, -0.2) is 21.1 Å². The van der Waals surface area contributed by atoms with Crippen LogP contribution in [0.1, 0.15) is 10.5 Å². The van der Waals surface area contributed by atoms with Crippen molar-refractivity contribution in [2.45, 2.75) is 0 Å². The molecule has 5 nitrogen and oxygen atoms in total. The van der Waals surface area contributed by atoms with Crippen molar-refractivity contribution >= 4 is 23.2 Å². The lowest BCUT2D eigenvalue weighted by Gasteiger charge is -2.02. The second-order valence-corrected chi connectivity index (χ2v) is 4.65. The first kappa shape index (κ1) is 12.5. The van der Waals surface area contributed by atoms with Crippen molar-refractivity contribution in [3.8, 4) is 11.4 Å². The summed E-state index contributed by atoms with van der Waals surface area (Å²) in [4.78, 5) is 15.1. The summed E-state index contributed by atoms with van der Waals surface area (Å²) < 4.78 is 0. The number of amides is 1. The van der Waals surface area contributed by atoms with Gasteiger partial charge in [0, 0.05) is 16.9 Å². The van der Waals surface area contributed by atoms with E-state index in [2.05, 4.69) is 20.5 Å². The number of nitrogens with zero attached hydrogens (tertiary/aromatic N) is 1. The molecule has 1 aromatic carbocycles. The average Bonchev–Trinajstić information content (AvgIpc) is 3.11. The zero-order chi connectivity index (χ0) is 13.9. The van der Waals surface area contributed by atoms with Crippen LogP contribution in [0.2, 0.25) is 5.02 Å². The molecule has 3 N–H and O–H groups in total. The third kappa shape index (κ3) is 2.57. The Kier molecular flexibility index (Phi) is 3.26. The highest BCUT2D eigenvalue weighted by molar-refractivity contribution is 6.30. The predicted octanol–water partition coefficient (Wildman–Crippen LogP) is 3.31. The molecule has 0 saturated carbocycles. The summed E-state index contributed by atoms with van der Waals surface area (Å²) in [6.45, 7) is 0. The molecule has 0 atom stereocenters. The standard InChI is InChI=1S/C14H11ClN4O/c15-9-3-5-10(6-4-9)17-14(20)13-8-12(18-19-13)11-2-1-7-16-11/h1-8,16H,(H,17,20)(H,18,19). The summed E-state index contributed by atoms with van der Waals surface area (Å²) in [6, 6.07) is 12.4. The molecule has 2 aromatic heterocycles. The van der Waals surface area contributed by atoms with E-state index in [9.17, 15) is 4.79 Å². The van der Waals surface area contributed by atoms with Crippen molar-refractivity contribution in [3.05, 3.63) is 59.4 Å². The fourth-order valence-corrected chi connectivity index (χ4v) is 1.92. The highest BCUT2D eigenvalue weighted by Crippen LogP contribution is 2.17. The Morgan fingerprint density at radius 2 is 2.00 bits per heavy atom. The fourth-order valence-electron chi connectivity index (χ4n) is 1.80. The molecule has 0 aliphatic heterocycles. The number of hydrogen-bond donors (Lipinski definition) is 3. The molecule has 0 bridgehead atoms. The third-order valence-corrected chi connectivity index (χ3v) is 3.05. The number of aromatic amines is 2. The first-order chi connectivity index (χ1) is 9.72. The Morgan fingerprint density at radius 3 is 2.70 bits per heavy atom. The van der Waals surface area contributed by atoms with Crippen LogP contribution in [0.25, 0.3) is 11.4 Å². The second-order valence-electron chi connectivity index (χ2n) is 4.21. The maximum atomic E-state index is 12.1. The molecular weight excluding hydrogens is 276 g/mol. The number of aromatic nitrogens is 3. The summed E-state index contributed by atoms with van der Waals surface area (Å²) in [5.41, 5.74) is 2.61. The maximum absolute atomic E-state index is 12.1. The Bertz CT molecular complexity index is 716. The number of rotatable bonds is 3. The molecule has 20 heavy (non-hydrogen) atoms. The van der Waals surface area contributed by atoms with E-state index in [0.717, 1.165) is 5.69 Å². The lowest BCUT2D eigenvalue weighted by atomic mass is 10.2. The summed E-state index contributed by atoms with van der Waals surface area (Å²) >= 11 is 5.79. The van der Waals surface area contributed by atoms with Gasteiger partial charge in [-0.3, -0.25) is 9.89 Å². The number of carbonyl (C=O) groups is 1. The minimum absolute atomic E-state index is 0.252. The summed E-state index contributed by atoms with van der Waals surface area (Å²) in [7, 11) is 0. The Morgan fingerprint density at radius 1 is 1.20 bits per heavy atom. The fraction of sp³-hybridized carbons (Fsp3) is 0. The Hall–Kier alpha value is -2.53. The van der Waals surface area contributed by atoms with Crippen molar-refractivity contribution in [2.75, 3.05) is 5.32 Å². The van der Waals surface area contributed by atoms with Crippen LogP contribution in [0.5, 0.6) is 0 Å². The number of carbonyl (C=O) groups excluding carboxylic acids is 1. The van der Waals surface area contributed by atoms with Crippen molar-refractivity contribution in [1.82, 2.24) is 15.2 Å². The van der Waals surface area contributed by atoms with Crippen LogP contribution in [0.15, 0.2) is 48.7 Å². The average molecular weight is 287 g/mol. The van der Waals surface area contributed by atoms with Gasteiger partial charge in [0.1, 0.15) is 11.4 Å². The van der Waals surface area contributed by atoms with E-state index in [1.807, 2.05) is 12.1 Å². The first-order valence-corrected chi connectivity index (χ1v) is 6.36. The van der Waals surface area contributed by atoms with Crippen molar-refractivity contribution in [3.63, 3.8) is 0 Å². The minimum atomic E-state index is -0.252. The Balaban J connectivity index is 1.76. The van der Waals surface area contributed by atoms with Gasteiger partial charge in [0.15, 0.2) is 0 Å². The lowest BCUT2D eigenvalue weighted by molar-refractivity contribution is 0.102. The van der Waals surface area contributed by atoms with Crippen LogP contribution in [-0.2, 0) is 0 Å². The molecule has 0 aliphatic carbocycles. The number of hydrogen-bond acceptors (Lipinski definition) is 2. The van der Waals surface area contributed by atoms with Gasteiger partial charge in [-0.1, -0.05) is 11.6 Å². The van der Waals surface area contributed by atoms with Crippen molar-refractivity contribution < 1.29 is 4.79 Å². The predicted molar refractivity (Wildman–Crippen MR) is 77.8 cm³/mol. The molecule has 0 spiro atoms. The van der Waals surface area contributed by atoms with E-state index in [-0.39, 0.29) is 5.91 Å². The molecule has 0 aliphatic rings. The molecule has 6 heteroatoms. The molecular formula is C14H11ClN4O. The molecule has 0 saturated heterocycles. The molecule has 0 radical (unpaired) electrons. The monoisotopic (exact) mass is 286 g/mol. The zero-order valence-electron chi connectivity index (χ0n) is 10.4. The van der Waals surface area contributed by atoms with E-state index in [0.29, 0.717) is 22.1 Å². The zero-order valence-corrected chi connectivity index (χ0v) is 11.1. The third-order valence-electron chi connectivity index (χ3n) is 2.80. The van der Waals surface area contributed by atoms with E-state index in [4.69, 9.17) is 11.6 Å². The molecule has 3 aromatic rings. The van der Waals surface area contributed by atoms with Gasteiger partial charge in [0.2, 0.25) is 0 Å². The van der Waals surface area contributed by atoms with Crippen LogP contribution < -0.4 is 5.32 Å². The minimum Gasteiger partial charge on any atom is -0.360 e. The molecule has 1 amide bonds. The normalized spacial score (nSPS) is 10.4. The largest absolute Gasteiger partial charge is 0.360 e. The molecule has 100 valence electrons. The topological polar surface area (TPSA) is 73.6 Å². The summed E-state index contributed by atoms with van der Waals surface area (Å²) in [5.74, 6) is -0.252. The van der Waals surface area contributed by atoms with Gasteiger partial charge < -0.3 is 10.3 Å². The maximum Gasteiger partial charge on any atom is 0.273 e. The van der Waals surface area contributed by atoms with Gasteiger partial charge >= 0.3 is 0 Å². The van der Waals surface area contributed by atoms with E-state index in [1.54, 1.807) is 36.5 Å². The highest BCUT2D eigenvalue weighted by Gasteiger charge is 2.11. The number of H-pyrrole nitrogens is 2. The van der Waals surface area contributed by atoms with Gasteiger partial charge in [-0.2, -0.15) is 5.10 Å². The summed E-state index contributed by atoms with van der Waals surface area (Å²) in [5, 5.41) is 10.2. The van der Waals surface area contributed by atoms with E-state index < -0.39 is 0 Å². The Labute approximate surface area is 120 Å². The quantitative estimate of drug-likeness (QED) is 0.691. The molecule has 0 unspecified atom stereocenters.